The first-order valence-electron chi connectivity index (χ1n) is 4.28. The van der Waals surface area contributed by atoms with E-state index in [0.29, 0.717) is 0 Å². The molecule has 2 heteroatoms. The van der Waals surface area contributed by atoms with Crippen molar-refractivity contribution < 1.29 is 0 Å². The summed E-state index contributed by atoms with van der Waals surface area (Å²) in [5, 5.41) is 0. The van der Waals surface area contributed by atoms with Crippen molar-refractivity contribution in [2.24, 2.45) is 0 Å². The van der Waals surface area contributed by atoms with Crippen molar-refractivity contribution in [2.75, 3.05) is 5.73 Å². The molecule has 0 aromatic heterocycles. The van der Waals surface area contributed by atoms with E-state index in [1.807, 2.05) is 12.1 Å². The number of hydrogen-bond acceptors (Lipinski definition) is 1. The molecule has 0 aliphatic heterocycles. The minimum Gasteiger partial charge on any atom is -0.398 e. The van der Waals surface area contributed by atoms with Crippen LogP contribution in [0.4, 0.5) is 5.69 Å². The van der Waals surface area contributed by atoms with Crippen LogP contribution in [0.15, 0.2) is 22.7 Å². The van der Waals surface area contributed by atoms with Crippen LogP contribution in [0.5, 0.6) is 0 Å². The zero-order chi connectivity index (χ0) is 8.97. The van der Waals surface area contributed by atoms with Gasteiger partial charge in [-0.15, -0.1) is 0 Å². The van der Waals surface area contributed by atoms with Crippen LogP contribution in [-0.2, 0) is 6.42 Å². The number of unbranched alkanes of at least 4 members (excludes halogenated alkanes) is 1. The Balaban J connectivity index is 2.78. The lowest BCUT2D eigenvalue weighted by Crippen LogP contribution is -1.92. The van der Waals surface area contributed by atoms with Crippen LogP contribution in [0.2, 0.25) is 0 Å². The van der Waals surface area contributed by atoms with Gasteiger partial charge < -0.3 is 5.73 Å². The summed E-state index contributed by atoms with van der Waals surface area (Å²) in [6.07, 6.45) is 3.56. The topological polar surface area (TPSA) is 26.0 Å². The average Bonchev–Trinajstić information content (AvgIpc) is 2.08. The summed E-state index contributed by atoms with van der Waals surface area (Å²) in [4.78, 5) is 0. The Morgan fingerprint density at radius 3 is 2.83 bits per heavy atom. The summed E-state index contributed by atoms with van der Waals surface area (Å²) >= 11 is 3.49. The lowest BCUT2D eigenvalue weighted by Gasteiger charge is -2.05. The molecule has 0 spiro atoms. The predicted molar refractivity (Wildman–Crippen MR) is 57.2 cm³/mol. The van der Waals surface area contributed by atoms with Gasteiger partial charge in [0.15, 0.2) is 0 Å². The first-order chi connectivity index (χ1) is 5.75. The molecule has 0 aliphatic carbocycles. The number of benzene rings is 1. The summed E-state index contributed by atoms with van der Waals surface area (Å²) < 4.78 is 1.07. The monoisotopic (exact) mass is 227 g/mol. The Bertz CT molecular complexity index is 258. The number of aryl methyl sites for hydroxylation is 1. The summed E-state index contributed by atoms with van der Waals surface area (Å²) in [6, 6.07) is 6.04. The van der Waals surface area contributed by atoms with Gasteiger partial charge in [-0.2, -0.15) is 0 Å². The van der Waals surface area contributed by atoms with Gasteiger partial charge in [0.1, 0.15) is 0 Å². The van der Waals surface area contributed by atoms with E-state index in [0.717, 1.165) is 16.6 Å². The number of halogens is 1. The molecule has 0 atom stereocenters. The second-order valence-corrected chi connectivity index (χ2v) is 3.72. The molecule has 2 N–H and O–H groups in total. The van der Waals surface area contributed by atoms with Crippen molar-refractivity contribution in [3.05, 3.63) is 28.2 Å². The Kier molecular flexibility index (Phi) is 3.60. The lowest BCUT2D eigenvalue weighted by molar-refractivity contribution is 0.793. The summed E-state index contributed by atoms with van der Waals surface area (Å²) in [6.45, 7) is 2.19. The van der Waals surface area contributed by atoms with Gasteiger partial charge in [-0.1, -0.05) is 25.5 Å². The number of nitrogen functional groups attached to an aromatic ring is 1. The molecule has 0 saturated carbocycles. The molecule has 0 bridgehead atoms. The van der Waals surface area contributed by atoms with Crippen molar-refractivity contribution in [1.29, 1.82) is 0 Å². The maximum absolute atomic E-state index is 5.75. The minimum atomic E-state index is 0.837. The van der Waals surface area contributed by atoms with E-state index in [-0.39, 0.29) is 0 Å². The van der Waals surface area contributed by atoms with E-state index in [1.54, 1.807) is 0 Å². The molecular formula is C10H14BrN. The second-order valence-electron chi connectivity index (χ2n) is 2.92. The molecule has 1 nitrogen and oxygen atoms in total. The van der Waals surface area contributed by atoms with E-state index in [1.165, 1.54) is 18.4 Å². The highest BCUT2D eigenvalue weighted by molar-refractivity contribution is 9.10. The van der Waals surface area contributed by atoms with E-state index < -0.39 is 0 Å². The Morgan fingerprint density at radius 1 is 1.42 bits per heavy atom. The Morgan fingerprint density at radius 2 is 2.17 bits per heavy atom. The predicted octanol–water partition coefficient (Wildman–Crippen LogP) is 3.37. The van der Waals surface area contributed by atoms with E-state index in [2.05, 4.69) is 28.9 Å². The molecule has 0 radical (unpaired) electrons. The first kappa shape index (κ1) is 9.59. The zero-order valence-corrected chi connectivity index (χ0v) is 8.89. The smallest absolute Gasteiger partial charge is 0.0461 e. The molecule has 0 amide bonds. The number of hydrogen-bond donors (Lipinski definition) is 1. The fraction of sp³-hybridized carbons (Fsp3) is 0.400. The van der Waals surface area contributed by atoms with Crippen molar-refractivity contribution in [1.82, 2.24) is 0 Å². The first-order valence-corrected chi connectivity index (χ1v) is 5.08. The largest absolute Gasteiger partial charge is 0.398 e. The van der Waals surface area contributed by atoms with Crippen molar-refractivity contribution >= 4 is 21.6 Å². The SMILES string of the molecule is CCCCc1cccc(N)c1Br. The highest BCUT2D eigenvalue weighted by Crippen LogP contribution is 2.24. The van der Waals surface area contributed by atoms with Crippen LogP contribution in [0.25, 0.3) is 0 Å². The lowest BCUT2D eigenvalue weighted by atomic mass is 10.1. The van der Waals surface area contributed by atoms with Gasteiger partial charge in [0.2, 0.25) is 0 Å². The normalized spacial score (nSPS) is 10.2. The molecule has 0 aliphatic rings. The number of rotatable bonds is 3. The summed E-state index contributed by atoms with van der Waals surface area (Å²) in [7, 11) is 0. The van der Waals surface area contributed by atoms with Crippen LogP contribution in [-0.4, -0.2) is 0 Å². The maximum atomic E-state index is 5.75. The fourth-order valence-electron chi connectivity index (χ4n) is 1.16. The molecule has 0 heterocycles. The van der Waals surface area contributed by atoms with Crippen LogP contribution in [0, 0.1) is 0 Å². The Hall–Kier alpha value is -0.500. The number of nitrogens with two attached hydrogens (primary N) is 1. The van der Waals surface area contributed by atoms with Crippen LogP contribution < -0.4 is 5.73 Å². The third-order valence-corrected chi connectivity index (χ3v) is 2.88. The zero-order valence-electron chi connectivity index (χ0n) is 7.31. The molecule has 1 aromatic carbocycles. The standard InChI is InChI=1S/C10H14BrN/c1-2-3-5-8-6-4-7-9(12)10(8)11/h4,6-7H,2-3,5,12H2,1H3. The minimum absolute atomic E-state index is 0.837. The maximum Gasteiger partial charge on any atom is 0.0461 e. The molecule has 0 saturated heterocycles. The van der Waals surface area contributed by atoms with E-state index in [4.69, 9.17) is 5.73 Å². The molecule has 12 heavy (non-hydrogen) atoms. The highest BCUT2D eigenvalue weighted by Gasteiger charge is 2.00. The molecular weight excluding hydrogens is 214 g/mol. The van der Waals surface area contributed by atoms with Gasteiger partial charge in [0.05, 0.1) is 0 Å². The highest BCUT2D eigenvalue weighted by atomic mass is 79.9. The van der Waals surface area contributed by atoms with E-state index in [9.17, 15) is 0 Å². The third-order valence-electron chi connectivity index (χ3n) is 1.91. The number of anilines is 1. The molecule has 1 aromatic rings. The second kappa shape index (κ2) is 4.51. The van der Waals surface area contributed by atoms with Gasteiger partial charge in [0.25, 0.3) is 0 Å². The molecule has 66 valence electrons. The van der Waals surface area contributed by atoms with Gasteiger partial charge in [0, 0.05) is 10.2 Å². The van der Waals surface area contributed by atoms with Crippen LogP contribution in [0.1, 0.15) is 25.3 Å². The van der Waals surface area contributed by atoms with Crippen LogP contribution in [0.3, 0.4) is 0 Å². The van der Waals surface area contributed by atoms with Crippen LogP contribution >= 0.6 is 15.9 Å². The Labute approximate surface area is 82.1 Å². The molecule has 1 rings (SSSR count). The van der Waals surface area contributed by atoms with Crippen molar-refractivity contribution in [2.45, 2.75) is 26.2 Å². The average molecular weight is 228 g/mol. The van der Waals surface area contributed by atoms with Gasteiger partial charge >= 0.3 is 0 Å². The van der Waals surface area contributed by atoms with Gasteiger partial charge in [-0.25, -0.2) is 0 Å². The van der Waals surface area contributed by atoms with Gasteiger partial charge in [-0.3, -0.25) is 0 Å². The van der Waals surface area contributed by atoms with Crippen molar-refractivity contribution in [3.63, 3.8) is 0 Å². The van der Waals surface area contributed by atoms with Crippen molar-refractivity contribution in [3.8, 4) is 0 Å². The molecule has 0 fully saturated rings. The van der Waals surface area contributed by atoms with Gasteiger partial charge in [-0.05, 0) is 40.4 Å². The molecule has 0 unspecified atom stereocenters. The summed E-state index contributed by atoms with van der Waals surface area (Å²) in [5.41, 5.74) is 7.90. The fourth-order valence-corrected chi connectivity index (χ4v) is 1.62. The third kappa shape index (κ3) is 2.24. The quantitative estimate of drug-likeness (QED) is 0.788. The van der Waals surface area contributed by atoms with E-state index >= 15 is 0 Å². The summed E-state index contributed by atoms with van der Waals surface area (Å²) in [5.74, 6) is 0.